The lowest BCUT2D eigenvalue weighted by atomic mass is 10.1. The number of aromatic nitrogens is 2. The van der Waals surface area contributed by atoms with Gasteiger partial charge in [-0.05, 0) is 37.8 Å². The zero-order valence-corrected chi connectivity index (χ0v) is 17.4. The van der Waals surface area contributed by atoms with E-state index in [2.05, 4.69) is 36.5 Å². The van der Waals surface area contributed by atoms with Crippen LogP contribution in [0.5, 0.6) is 5.75 Å². The number of piperazine rings is 1. The quantitative estimate of drug-likeness (QED) is 0.649. The molecule has 1 saturated heterocycles. The van der Waals surface area contributed by atoms with Gasteiger partial charge in [0.25, 0.3) is 5.91 Å². The number of nitrogens with one attached hydrogen (secondary N) is 2. The Morgan fingerprint density at radius 1 is 1.16 bits per heavy atom. The first-order valence-corrected chi connectivity index (χ1v) is 11.1. The number of rotatable bonds is 6. The predicted molar refractivity (Wildman–Crippen MR) is 118 cm³/mol. The lowest BCUT2D eigenvalue weighted by Gasteiger charge is -2.45. The zero-order chi connectivity index (χ0) is 20.9. The molecule has 1 aromatic heterocycles. The molecule has 2 saturated carbocycles. The van der Waals surface area contributed by atoms with Gasteiger partial charge in [0.05, 0.1) is 17.3 Å². The number of nitrogens with two attached hydrogens (primary N) is 1. The highest BCUT2D eigenvalue weighted by atomic mass is 16.5. The molecular formula is C22H27N7O2. The van der Waals surface area contributed by atoms with Gasteiger partial charge in [-0.15, -0.1) is 0 Å². The molecule has 4 aliphatic rings. The van der Waals surface area contributed by atoms with Crippen molar-refractivity contribution in [3.63, 3.8) is 0 Å². The third-order valence-corrected chi connectivity index (χ3v) is 6.51. The largest absolute Gasteiger partial charge is 0.489 e. The minimum Gasteiger partial charge on any atom is -0.489 e. The van der Waals surface area contributed by atoms with Crippen molar-refractivity contribution in [2.45, 2.75) is 43.8 Å². The molecule has 3 heterocycles. The molecule has 4 N–H and O–H groups in total. The summed E-state index contributed by atoms with van der Waals surface area (Å²) in [5.74, 6) is 1.25. The minimum absolute atomic E-state index is 0.308. The Hall–Kier alpha value is -3.07. The van der Waals surface area contributed by atoms with Crippen molar-refractivity contribution in [2.75, 3.05) is 41.8 Å². The summed E-state index contributed by atoms with van der Waals surface area (Å²) in [6, 6.07) is 7.70. The lowest BCUT2D eigenvalue weighted by molar-refractivity contribution is 0.100. The van der Waals surface area contributed by atoms with E-state index in [1.807, 2.05) is 12.1 Å². The van der Waals surface area contributed by atoms with Crippen LogP contribution < -0.4 is 26.0 Å². The zero-order valence-electron chi connectivity index (χ0n) is 17.4. The summed E-state index contributed by atoms with van der Waals surface area (Å²) in [6.07, 6.45) is 6.31. The second-order valence-electron chi connectivity index (χ2n) is 8.93. The summed E-state index contributed by atoms with van der Waals surface area (Å²) >= 11 is 0. The van der Waals surface area contributed by atoms with E-state index in [9.17, 15) is 4.79 Å². The van der Waals surface area contributed by atoms with Crippen molar-refractivity contribution in [3.05, 3.63) is 30.0 Å². The average Bonchev–Trinajstić information content (AvgIpc) is 3.67. The third-order valence-electron chi connectivity index (χ3n) is 6.51. The number of carbonyl (C=O) groups excluding carboxylic acids is 1. The summed E-state index contributed by atoms with van der Waals surface area (Å²) in [6.45, 7) is 3.95. The van der Waals surface area contributed by atoms with Gasteiger partial charge in [0, 0.05) is 49.7 Å². The van der Waals surface area contributed by atoms with Gasteiger partial charge in [0.15, 0.2) is 0 Å². The molecule has 3 fully saturated rings. The number of ether oxygens (including phenoxy) is 1. The fraction of sp³-hybridized carbons (Fsp3) is 0.500. The van der Waals surface area contributed by atoms with E-state index in [0.29, 0.717) is 36.0 Å². The van der Waals surface area contributed by atoms with Gasteiger partial charge in [-0.25, -0.2) is 4.98 Å². The van der Waals surface area contributed by atoms with Crippen molar-refractivity contribution >= 4 is 29.0 Å². The number of primary amides is 1. The molecule has 1 atom stereocenters. The van der Waals surface area contributed by atoms with Gasteiger partial charge in [-0.1, -0.05) is 0 Å². The molecule has 31 heavy (non-hydrogen) atoms. The molecule has 9 heteroatoms. The third kappa shape index (κ3) is 3.74. The van der Waals surface area contributed by atoms with Gasteiger partial charge in [-0.3, -0.25) is 9.69 Å². The smallest absolute Gasteiger partial charge is 0.254 e. The number of anilines is 4. The number of hydrogen-bond acceptors (Lipinski definition) is 8. The van der Waals surface area contributed by atoms with Crippen LogP contribution in [0, 0.1) is 0 Å². The van der Waals surface area contributed by atoms with E-state index in [4.69, 9.17) is 10.5 Å². The van der Waals surface area contributed by atoms with Gasteiger partial charge in [-0.2, -0.15) is 4.98 Å². The summed E-state index contributed by atoms with van der Waals surface area (Å²) < 4.78 is 6.13. The molecular weight excluding hydrogens is 394 g/mol. The van der Waals surface area contributed by atoms with Crippen molar-refractivity contribution in [1.29, 1.82) is 0 Å². The monoisotopic (exact) mass is 421 g/mol. The number of fused-ring (bicyclic) bond motifs is 3. The highest BCUT2D eigenvalue weighted by molar-refractivity contribution is 5.97. The molecule has 9 nitrogen and oxygen atoms in total. The SMILES string of the molecule is NC(=O)c1cnc(Nc2ccc3c(c2)OCC2CN(C4CC4)CCN32)nc1NC1CC1. The van der Waals surface area contributed by atoms with Gasteiger partial charge < -0.3 is 26.0 Å². The minimum atomic E-state index is -0.534. The van der Waals surface area contributed by atoms with E-state index in [1.165, 1.54) is 19.0 Å². The second-order valence-corrected chi connectivity index (χ2v) is 8.93. The Kier molecular flexibility index (Phi) is 4.38. The van der Waals surface area contributed by atoms with E-state index in [-0.39, 0.29) is 0 Å². The molecule has 0 bridgehead atoms. The molecule has 1 amide bonds. The Bertz CT molecular complexity index is 1020. The normalized spacial score (nSPS) is 22.8. The van der Waals surface area contributed by atoms with Crippen LogP contribution >= 0.6 is 0 Å². The highest BCUT2D eigenvalue weighted by Crippen LogP contribution is 2.39. The van der Waals surface area contributed by atoms with Gasteiger partial charge in [0.2, 0.25) is 5.95 Å². The van der Waals surface area contributed by atoms with Gasteiger partial charge in [0.1, 0.15) is 18.2 Å². The predicted octanol–water partition coefficient (Wildman–Crippen LogP) is 1.94. The topological polar surface area (TPSA) is 109 Å². The van der Waals surface area contributed by atoms with Crippen molar-refractivity contribution < 1.29 is 9.53 Å². The Morgan fingerprint density at radius 3 is 2.81 bits per heavy atom. The van der Waals surface area contributed by atoms with Crippen molar-refractivity contribution in [1.82, 2.24) is 14.9 Å². The first-order chi connectivity index (χ1) is 15.1. The average molecular weight is 422 g/mol. The number of benzene rings is 1. The number of nitrogens with zero attached hydrogens (tertiary/aromatic N) is 4. The van der Waals surface area contributed by atoms with E-state index < -0.39 is 5.91 Å². The molecule has 2 aromatic rings. The van der Waals surface area contributed by atoms with Crippen LogP contribution in [0.3, 0.4) is 0 Å². The highest BCUT2D eigenvalue weighted by Gasteiger charge is 2.38. The van der Waals surface area contributed by atoms with Crippen LogP contribution in [-0.2, 0) is 0 Å². The van der Waals surface area contributed by atoms with Crippen molar-refractivity contribution in [2.24, 2.45) is 5.73 Å². The van der Waals surface area contributed by atoms with Crippen LogP contribution in [0.1, 0.15) is 36.0 Å². The van der Waals surface area contributed by atoms with Crippen LogP contribution in [0.25, 0.3) is 0 Å². The first kappa shape index (κ1) is 18.7. The van der Waals surface area contributed by atoms with E-state index in [1.54, 1.807) is 0 Å². The van der Waals surface area contributed by atoms with Crippen LogP contribution in [0.15, 0.2) is 24.4 Å². The van der Waals surface area contributed by atoms with Crippen LogP contribution in [0.4, 0.5) is 23.1 Å². The Balaban J connectivity index is 1.20. The Labute approximate surface area is 181 Å². The summed E-state index contributed by atoms with van der Waals surface area (Å²) in [5.41, 5.74) is 7.77. The summed E-state index contributed by atoms with van der Waals surface area (Å²) in [4.78, 5) is 25.5. The molecule has 2 aliphatic carbocycles. The maximum absolute atomic E-state index is 11.7. The molecule has 0 spiro atoms. The Morgan fingerprint density at radius 2 is 2.03 bits per heavy atom. The maximum Gasteiger partial charge on any atom is 0.254 e. The molecule has 1 aromatic carbocycles. The maximum atomic E-state index is 11.7. The molecule has 1 unspecified atom stereocenters. The van der Waals surface area contributed by atoms with Crippen molar-refractivity contribution in [3.8, 4) is 5.75 Å². The standard InChI is InChI=1S/C22H27N7O2/c23-20(30)17-10-24-22(27-21(17)25-13-1-2-13)26-14-3-6-18-19(9-14)31-12-16-11-28(15-4-5-15)7-8-29(16)18/h3,6,9-10,13,15-16H,1-2,4-5,7-8,11-12H2,(H2,23,30)(H2,24,25,26,27). The van der Waals surface area contributed by atoms with Crippen LogP contribution in [0.2, 0.25) is 0 Å². The molecule has 0 radical (unpaired) electrons. The van der Waals surface area contributed by atoms with E-state index in [0.717, 1.165) is 55.6 Å². The first-order valence-electron chi connectivity index (χ1n) is 11.1. The summed E-state index contributed by atoms with van der Waals surface area (Å²) in [7, 11) is 0. The fourth-order valence-corrected chi connectivity index (χ4v) is 4.52. The van der Waals surface area contributed by atoms with Gasteiger partial charge >= 0.3 is 0 Å². The number of hydrogen-bond donors (Lipinski definition) is 3. The summed E-state index contributed by atoms with van der Waals surface area (Å²) in [5, 5.41) is 6.50. The van der Waals surface area contributed by atoms with Crippen LogP contribution in [-0.4, -0.2) is 65.1 Å². The fourth-order valence-electron chi connectivity index (χ4n) is 4.52. The second kappa shape index (κ2) is 7.26. The molecule has 162 valence electrons. The lowest BCUT2D eigenvalue weighted by Crippen LogP contribution is -2.57. The molecule has 2 aliphatic heterocycles. The number of amides is 1. The van der Waals surface area contributed by atoms with E-state index >= 15 is 0 Å². The number of carbonyl (C=O) groups is 1. The molecule has 6 rings (SSSR count).